The second kappa shape index (κ2) is 5.52. The van der Waals surface area contributed by atoms with Gasteiger partial charge in [-0.2, -0.15) is 5.10 Å². The monoisotopic (exact) mass is 250 g/mol. The number of aryl methyl sites for hydroxylation is 1. The zero-order valence-corrected chi connectivity index (χ0v) is 11.2. The molecule has 1 saturated heterocycles. The Balaban J connectivity index is 1.77. The van der Waals surface area contributed by atoms with E-state index in [9.17, 15) is 4.79 Å². The third-order valence-corrected chi connectivity index (χ3v) is 3.65. The number of aromatic nitrogens is 2. The molecule has 1 aromatic heterocycles. The van der Waals surface area contributed by atoms with E-state index in [4.69, 9.17) is 0 Å². The van der Waals surface area contributed by atoms with Crippen molar-refractivity contribution in [3.05, 3.63) is 18.0 Å². The first kappa shape index (κ1) is 13.1. The summed E-state index contributed by atoms with van der Waals surface area (Å²) >= 11 is 0. The highest BCUT2D eigenvalue weighted by Gasteiger charge is 2.26. The topological polar surface area (TPSA) is 59.0 Å². The van der Waals surface area contributed by atoms with E-state index < -0.39 is 0 Å². The second-order valence-electron chi connectivity index (χ2n) is 5.54. The highest BCUT2D eigenvalue weighted by molar-refractivity contribution is 5.78. The first-order valence-electron chi connectivity index (χ1n) is 6.52. The lowest BCUT2D eigenvalue weighted by Gasteiger charge is -2.34. The Kier molecular flexibility index (Phi) is 4.01. The van der Waals surface area contributed by atoms with Gasteiger partial charge in [0.15, 0.2) is 0 Å². The van der Waals surface area contributed by atoms with E-state index in [-0.39, 0.29) is 11.3 Å². The summed E-state index contributed by atoms with van der Waals surface area (Å²) in [6.45, 7) is 5.12. The molecule has 0 bridgehead atoms. The van der Waals surface area contributed by atoms with Crippen LogP contribution in [0.1, 0.15) is 25.3 Å². The molecule has 0 unspecified atom stereocenters. The Morgan fingerprint density at radius 2 is 2.28 bits per heavy atom. The van der Waals surface area contributed by atoms with Crippen LogP contribution in [0.15, 0.2) is 12.4 Å². The Hall–Kier alpha value is -1.36. The van der Waals surface area contributed by atoms with Crippen molar-refractivity contribution in [3.8, 4) is 0 Å². The number of carbonyl (C=O) groups is 1. The number of nitrogens with one attached hydrogen (secondary N) is 2. The molecular weight excluding hydrogens is 228 g/mol. The van der Waals surface area contributed by atoms with Gasteiger partial charge in [0.1, 0.15) is 0 Å². The summed E-state index contributed by atoms with van der Waals surface area (Å²) in [7, 11) is 1.86. The molecule has 0 atom stereocenters. The SMILES string of the molecule is Cn1cc(CC(=O)NCC2(C)CCNCC2)cn1. The van der Waals surface area contributed by atoms with Gasteiger partial charge in [0.05, 0.1) is 12.6 Å². The van der Waals surface area contributed by atoms with Crippen molar-refractivity contribution in [2.45, 2.75) is 26.2 Å². The Morgan fingerprint density at radius 3 is 2.89 bits per heavy atom. The number of piperidine rings is 1. The van der Waals surface area contributed by atoms with Gasteiger partial charge in [0.2, 0.25) is 5.91 Å². The number of hydrogen-bond donors (Lipinski definition) is 2. The van der Waals surface area contributed by atoms with Crippen LogP contribution in [0.5, 0.6) is 0 Å². The van der Waals surface area contributed by atoms with Crippen molar-refractivity contribution in [2.24, 2.45) is 12.5 Å². The van der Waals surface area contributed by atoms with E-state index in [2.05, 4.69) is 22.7 Å². The van der Waals surface area contributed by atoms with Crippen LogP contribution < -0.4 is 10.6 Å². The highest BCUT2D eigenvalue weighted by atomic mass is 16.1. The van der Waals surface area contributed by atoms with Crippen molar-refractivity contribution >= 4 is 5.91 Å². The van der Waals surface area contributed by atoms with Gasteiger partial charge in [0, 0.05) is 19.8 Å². The molecule has 0 radical (unpaired) electrons. The predicted molar refractivity (Wildman–Crippen MR) is 70.1 cm³/mol. The molecule has 100 valence electrons. The molecule has 1 aliphatic rings. The minimum absolute atomic E-state index is 0.0859. The first-order valence-corrected chi connectivity index (χ1v) is 6.52. The molecule has 1 aromatic rings. The van der Waals surface area contributed by atoms with Crippen molar-refractivity contribution in [3.63, 3.8) is 0 Å². The molecule has 0 aromatic carbocycles. The molecule has 0 saturated carbocycles. The van der Waals surface area contributed by atoms with Gasteiger partial charge < -0.3 is 10.6 Å². The molecule has 0 spiro atoms. The molecule has 2 heterocycles. The quantitative estimate of drug-likeness (QED) is 0.816. The van der Waals surface area contributed by atoms with E-state index in [1.807, 2.05) is 13.2 Å². The average molecular weight is 250 g/mol. The molecule has 5 heteroatoms. The number of hydrogen-bond acceptors (Lipinski definition) is 3. The van der Waals surface area contributed by atoms with Crippen LogP contribution in [-0.4, -0.2) is 35.3 Å². The fourth-order valence-electron chi connectivity index (χ4n) is 2.33. The fourth-order valence-corrected chi connectivity index (χ4v) is 2.33. The molecule has 0 aliphatic carbocycles. The molecule has 1 amide bonds. The maximum atomic E-state index is 11.8. The summed E-state index contributed by atoms with van der Waals surface area (Å²) in [6, 6.07) is 0. The van der Waals surface area contributed by atoms with E-state index in [0.717, 1.165) is 38.0 Å². The summed E-state index contributed by atoms with van der Waals surface area (Å²) in [4.78, 5) is 11.8. The van der Waals surface area contributed by atoms with Gasteiger partial charge in [-0.3, -0.25) is 9.48 Å². The number of nitrogens with zero attached hydrogens (tertiary/aromatic N) is 2. The van der Waals surface area contributed by atoms with E-state index in [1.165, 1.54) is 0 Å². The van der Waals surface area contributed by atoms with Crippen molar-refractivity contribution < 1.29 is 4.79 Å². The number of rotatable bonds is 4. The van der Waals surface area contributed by atoms with E-state index in [1.54, 1.807) is 10.9 Å². The van der Waals surface area contributed by atoms with Gasteiger partial charge in [-0.25, -0.2) is 0 Å². The minimum Gasteiger partial charge on any atom is -0.355 e. The average Bonchev–Trinajstić information content (AvgIpc) is 2.73. The maximum Gasteiger partial charge on any atom is 0.224 e. The zero-order chi connectivity index (χ0) is 13.0. The van der Waals surface area contributed by atoms with Crippen molar-refractivity contribution in [1.29, 1.82) is 0 Å². The molecule has 5 nitrogen and oxygen atoms in total. The summed E-state index contributed by atoms with van der Waals surface area (Å²) in [5.74, 6) is 0.0859. The molecular formula is C13H22N4O. The molecule has 2 rings (SSSR count). The van der Waals surface area contributed by atoms with Crippen LogP contribution in [0.25, 0.3) is 0 Å². The third-order valence-electron chi connectivity index (χ3n) is 3.65. The molecule has 18 heavy (non-hydrogen) atoms. The third kappa shape index (κ3) is 3.57. The van der Waals surface area contributed by atoms with Crippen LogP contribution >= 0.6 is 0 Å². The lowest BCUT2D eigenvalue weighted by atomic mass is 9.81. The normalized spacial score (nSPS) is 18.6. The highest BCUT2D eigenvalue weighted by Crippen LogP contribution is 2.26. The predicted octanol–water partition coefficient (Wildman–Crippen LogP) is 0.469. The lowest BCUT2D eigenvalue weighted by Crippen LogP contribution is -2.43. The summed E-state index contributed by atoms with van der Waals surface area (Å²) < 4.78 is 1.72. The van der Waals surface area contributed by atoms with Crippen LogP contribution in [0, 0.1) is 5.41 Å². The Bertz CT molecular complexity index is 407. The van der Waals surface area contributed by atoms with Crippen LogP contribution in [0.3, 0.4) is 0 Å². The smallest absolute Gasteiger partial charge is 0.224 e. The first-order chi connectivity index (χ1) is 8.57. The Morgan fingerprint density at radius 1 is 1.56 bits per heavy atom. The van der Waals surface area contributed by atoms with Crippen LogP contribution in [-0.2, 0) is 18.3 Å². The van der Waals surface area contributed by atoms with Crippen LogP contribution in [0.4, 0.5) is 0 Å². The lowest BCUT2D eigenvalue weighted by molar-refractivity contribution is -0.121. The number of carbonyl (C=O) groups excluding carboxylic acids is 1. The standard InChI is InChI=1S/C13H22N4O/c1-13(3-5-14-6-4-13)10-15-12(18)7-11-8-16-17(2)9-11/h8-9,14H,3-7,10H2,1-2H3,(H,15,18). The summed E-state index contributed by atoms with van der Waals surface area (Å²) in [6.07, 6.45) is 6.29. The van der Waals surface area contributed by atoms with E-state index >= 15 is 0 Å². The van der Waals surface area contributed by atoms with Crippen LogP contribution in [0.2, 0.25) is 0 Å². The zero-order valence-electron chi connectivity index (χ0n) is 11.2. The Labute approximate surface area is 108 Å². The van der Waals surface area contributed by atoms with Gasteiger partial charge in [0.25, 0.3) is 0 Å². The van der Waals surface area contributed by atoms with Gasteiger partial charge in [-0.05, 0) is 36.9 Å². The molecule has 2 N–H and O–H groups in total. The fraction of sp³-hybridized carbons (Fsp3) is 0.692. The summed E-state index contributed by atoms with van der Waals surface area (Å²) in [5, 5.41) is 10.5. The maximum absolute atomic E-state index is 11.8. The second-order valence-corrected chi connectivity index (χ2v) is 5.54. The van der Waals surface area contributed by atoms with E-state index in [0.29, 0.717) is 6.42 Å². The molecule has 1 aliphatic heterocycles. The number of amides is 1. The van der Waals surface area contributed by atoms with Gasteiger partial charge in [-0.15, -0.1) is 0 Å². The molecule has 1 fully saturated rings. The largest absolute Gasteiger partial charge is 0.355 e. The van der Waals surface area contributed by atoms with Gasteiger partial charge >= 0.3 is 0 Å². The minimum atomic E-state index is 0.0859. The van der Waals surface area contributed by atoms with Crippen molar-refractivity contribution in [1.82, 2.24) is 20.4 Å². The van der Waals surface area contributed by atoms with Crippen molar-refractivity contribution in [2.75, 3.05) is 19.6 Å². The summed E-state index contributed by atoms with van der Waals surface area (Å²) in [5.41, 5.74) is 1.21. The van der Waals surface area contributed by atoms with Gasteiger partial charge in [-0.1, -0.05) is 6.92 Å².